The van der Waals surface area contributed by atoms with Crippen LogP contribution in [-0.2, 0) is 4.79 Å². The molecular weight excluding hydrogens is 226 g/mol. The summed E-state index contributed by atoms with van der Waals surface area (Å²) < 4.78 is 5.76. The second-order valence-corrected chi connectivity index (χ2v) is 4.54. The highest BCUT2D eigenvalue weighted by molar-refractivity contribution is 5.80. The van der Waals surface area contributed by atoms with E-state index in [0.29, 0.717) is 0 Å². The highest BCUT2D eigenvalue weighted by Gasteiger charge is 2.20. The molecule has 0 fully saturated rings. The van der Waals surface area contributed by atoms with Crippen molar-refractivity contribution in [3.05, 3.63) is 29.3 Å². The summed E-state index contributed by atoms with van der Waals surface area (Å²) in [6.07, 6.45) is -0.439. The molecular formula is C15H23NO2. The smallest absolute Gasteiger partial charge is 0.263 e. The van der Waals surface area contributed by atoms with Crippen LogP contribution in [0.5, 0.6) is 5.75 Å². The molecule has 0 aliphatic heterocycles. The highest BCUT2D eigenvalue weighted by Crippen LogP contribution is 2.20. The largest absolute Gasteiger partial charge is 0.481 e. The minimum absolute atomic E-state index is 0.0416. The minimum atomic E-state index is -0.439. The van der Waals surface area contributed by atoms with Crippen LogP contribution >= 0.6 is 0 Å². The molecule has 1 unspecified atom stereocenters. The molecule has 1 amide bonds. The molecule has 3 heteroatoms. The lowest BCUT2D eigenvalue weighted by molar-refractivity contribution is -0.137. The number of hydrogen-bond donors (Lipinski definition) is 0. The number of carbonyl (C=O) groups excluding carboxylic acids is 1. The van der Waals surface area contributed by atoms with Crippen LogP contribution in [0.15, 0.2) is 18.2 Å². The summed E-state index contributed by atoms with van der Waals surface area (Å²) in [6.45, 7) is 11.2. The van der Waals surface area contributed by atoms with Gasteiger partial charge in [0.1, 0.15) is 5.75 Å². The van der Waals surface area contributed by atoms with Gasteiger partial charge in [0.25, 0.3) is 5.91 Å². The van der Waals surface area contributed by atoms with Gasteiger partial charge in [-0.2, -0.15) is 0 Å². The van der Waals surface area contributed by atoms with Gasteiger partial charge in [-0.3, -0.25) is 4.79 Å². The normalized spacial score (nSPS) is 12.1. The van der Waals surface area contributed by atoms with Gasteiger partial charge >= 0.3 is 0 Å². The van der Waals surface area contributed by atoms with Crippen LogP contribution in [0.25, 0.3) is 0 Å². The second kappa shape index (κ2) is 6.43. The van der Waals surface area contributed by atoms with E-state index in [1.54, 1.807) is 11.8 Å². The topological polar surface area (TPSA) is 29.5 Å². The maximum Gasteiger partial charge on any atom is 0.263 e. The number of aryl methyl sites for hydroxylation is 2. The molecule has 0 saturated carbocycles. The maximum atomic E-state index is 12.1. The molecule has 1 atom stereocenters. The van der Waals surface area contributed by atoms with Crippen molar-refractivity contribution in [2.75, 3.05) is 13.1 Å². The van der Waals surface area contributed by atoms with Crippen LogP contribution in [0, 0.1) is 13.8 Å². The first kappa shape index (κ1) is 14.6. The van der Waals surface area contributed by atoms with E-state index >= 15 is 0 Å². The Hall–Kier alpha value is -1.51. The number of benzene rings is 1. The molecule has 0 heterocycles. The molecule has 0 bridgehead atoms. The zero-order chi connectivity index (χ0) is 13.7. The zero-order valence-corrected chi connectivity index (χ0v) is 12.0. The van der Waals surface area contributed by atoms with Crippen LogP contribution in [0.2, 0.25) is 0 Å². The maximum absolute atomic E-state index is 12.1. The Morgan fingerprint density at radius 3 is 2.39 bits per heavy atom. The molecule has 18 heavy (non-hydrogen) atoms. The molecule has 0 N–H and O–H groups in total. The molecule has 1 rings (SSSR count). The minimum Gasteiger partial charge on any atom is -0.481 e. The second-order valence-electron chi connectivity index (χ2n) is 4.54. The quantitative estimate of drug-likeness (QED) is 0.803. The number of nitrogens with zero attached hydrogens (tertiary/aromatic N) is 1. The summed E-state index contributed by atoms with van der Waals surface area (Å²) in [4.78, 5) is 13.9. The van der Waals surface area contributed by atoms with Crippen LogP contribution in [0.1, 0.15) is 31.9 Å². The van der Waals surface area contributed by atoms with Gasteiger partial charge in [0.05, 0.1) is 0 Å². The lowest BCUT2D eigenvalue weighted by atomic mass is 10.1. The SMILES string of the molecule is CCN(CC)C(=O)C(C)Oc1ccc(C)cc1C. The third-order valence-electron chi connectivity index (χ3n) is 3.06. The van der Waals surface area contributed by atoms with Gasteiger partial charge < -0.3 is 9.64 Å². The number of ether oxygens (including phenoxy) is 1. The molecule has 100 valence electrons. The first-order valence-corrected chi connectivity index (χ1v) is 6.52. The van der Waals surface area contributed by atoms with Gasteiger partial charge in [0, 0.05) is 13.1 Å². The Morgan fingerprint density at radius 1 is 1.28 bits per heavy atom. The molecule has 0 radical (unpaired) electrons. The fourth-order valence-electron chi connectivity index (χ4n) is 1.96. The molecule has 0 aliphatic rings. The molecule has 0 aromatic heterocycles. The van der Waals surface area contributed by atoms with Crippen LogP contribution in [0.3, 0.4) is 0 Å². The van der Waals surface area contributed by atoms with E-state index in [2.05, 4.69) is 6.07 Å². The van der Waals surface area contributed by atoms with Crippen molar-refractivity contribution >= 4 is 5.91 Å². The number of amides is 1. The number of hydrogen-bond acceptors (Lipinski definition) is 2. The van der Waals surface area contributed by atoms with E-state index < -0.39 is 6.10 Å². The van der Waals surface area contributed by atoms with Crippen molar-refractivity contribution in [2.24, 2.45) is 0 Å². The van der Waals surface area contributed by atoms with Crippen molar-refractivity contribution in [1.29, 1.82) is 0 Å². The molecule has 0 saturated heterocycles. The fourth-order valence-corrected chi connectivity index (χ4v) is 1.96. The van der Waals surface area contributed by atoms with Crippen molar-refractivity contribution in [3.8, 4) is 5.75 Å². The third-order valence-corrected chi connectivity index (χ3v) is 3.06. The summed E-state index contributed by atoms with van der Waals surface area (Å²) >= 11 is 0. The summed E-state index contributed by atoms with van der Waals surface area (Å²) in [5.74, 6) is 0.827. The van der Waals surface area contributed by atoms with Crippen LogP contribution < -0.4 is 4.74 Å². The average molecular weight is 249 g/mol. The molecule has 1 aromatic carbocycles. The molecule has 0 spiro atoms. The Kier molecular flexibility index (Phi) is 5.20. The van der Waals surface area contributed by atoms with Gasteiger partial charge in [0.2, 0.25) is 0 Å². The van der Waals surface area contributed by atoms with Crippen LogP contribution in [0.4, 0.5) is 0 Å². The van der Waals surface area contributed by atoms with Crippen molar-refractivity contribution in [3.63, 3.8) is 0 Å². The predicted octanol–water partition coefficient (Wildman–Crippen LogP) is 2.94. The van der Waals surface area contributed by atoms with Gasteiger partial charge in [-0.25, -0.2) is 0 Å². The Morgan fingerprint density at radius 2 is 1.89 bits per heavy atom. The number of carbonyl (C=O) groups is 1. The predicted molar refractivity (Wildman–Crippen MR) is 73.9 cm³/mol. The van der Waals surface area contributed by atoms with Gasteiger partial charge in [-0.15, -0.1) is 0 Å². The fraction of sp³-hybridized carbons (Fsp3) is 0.533. The van der Waals surface area contributed by atoms with Crippen molar-refractivity contribution in [1.82, 2.24) is 4.90 Å². The summed E-state index contributed by atoms with van der Waals surface area (Å²) in [6, 6.07) is 5.98. The van der Waals surface area contributed by atoms with Gasteiger partial charge in [0.15, 0.2) is 6.10 Å². The number of likely N-dealkylation sites (N-methyl/N-ethyl adjacent to an activating group) is 1. The Balaban J connectivity index is 2.75. The first-order valence-electron chi connectivity index (χ1n) is 6.52. The third kappa shape index (κ3) is 3.49. The van der Waals surface area contributed by atoms with Crippen molar-refractivity contribution < 1.29 is 9.53 Å². The zero-order valence-electron chi connectivity index (χ0n) is 12.0. The van der Waals surface area contributed by atoms with E-state index in [-0.39, 0.29) is 5.91 Å². The van der Waals surface area contributed by atoms with E-state index in [1.165, 1.54) is 5.56 Å². The van der Waals surface area contributed by atoms with Gasteiger partial charge in [-0.05, 0) is 46.2 Å². The number of rotatable bonds is 5. The average Bonchev–Trinajstić information content (AvgIpc) is 2.34. The van der Waals surface area contributed by atoms with E-state index in [1.807, 2.05) is 39.8 Å². The van der Waals surface area contributed by atoms with Gasteiger partial charge in [-0.1, -0.05) is 17.7 Å². The standard InChI is InChI=1S/C15H23NO2/c1-6-16(7-2)15(17)13(5)18-14-9-8-11(3)10-12(14)4/h8-10,13H,6-7H2,1-5H3. The Bertz CT molecular complexity index is 411. The van der Waals surface area contributed by atoms with E-state index in [9.17, 15) is 4.79 Å². The lowest BCUT2D eigenvalue weighted by Crippen LogP contribution is -2.40. The highest BCUT2D eigenvalue weighted by atomic mass is 16.5. The summed E-state index contributed by atoms with van der Waals surface area (Å²) in [5, 5.41) is 0. The Labute approximate surface area is 110 Å². The first-order chi connectivity index (χ1) is 8.49. The molecule has 3 nitrogen and oxygen atoms in total. The lowest BCUT2D eigenvalue weighted by Gasteiger charge is -2.24. The monoisotopic (exact) mass is 249 g/mol. The summed E-state index contributed by atoms with van der Waals surface area (Å²) in [7, 11) is 0. The molecule has 1 aromatic rings. The molecule has 0 aliphatic carbocycles. The van der Waals surface area contributed by atoms with Crippen molar-refractivity contribution in [2.45, 2.75) is 40.7 Å². The van der Waals surface area contributed by atoms with Crippen LogP contribution in [-0.4, -0.2) is 30.0 Å². The summed E-state index contributed by atoms with van der Waals surface area (Å²) in [5.41, 5.74) is 2.26. The van der Waals surface area contributed by atoms with E-state index in [4.69, 9.17) is 4.74 Å². The van der Waals surface area contributed by atoms with E-state index in [0.717, 1.165) is 24.4 Å².